The van der Waals surface area contributed by atoms with E-state index in [4.69, 9.17) is 4.18 Å². The average Bonchev–Trinajstić information content (AvgIpc) is 2.82. The quantitative estimate of drug-likeness (QED) is 0.769. The Morgan fingerprint density at radius 1 is 1.11 bits per heavy atom. The molecule has 4 heteroatoms. The highest BCUT2D eigenvalue weighted by Crippen LogP contribution is 2.29. The van der Waals surface area contributed by atoms with Gasteiger partial charge in [0, 0.05) is 0 Å². The molecule has 0 aromatic heterocycles. The van der Waals surface area contributed by atoms with Crippen LogP contribution in [0.15, 0.2) is 29.2 Å². The number of benzene rings is 1. The van der Waals surface area contributed by atoms with E-state index >= 15 is 0 Å². The molecule has 1 saturated carbocycles. The third kappa shape index (κ3) is 3.56. The lowest BCUT2D eigenvalue weighted by molar-refractivity contribution is 0.313. The van der Waals surface area contributed by atoms with Crippen molar-refractivity contribution >= 4 is 10.1 Å². The van der Waals surface area contributed by atoms with E-state index in [0.717, 1.165) is 24.8 Å². The van der Waals surface area contributed by atoms with Gasteiger partial charge in [0.05, 0.1) is 11.5 Å². The summed E-state index contributed by atoms with van der Waals surface area (Å²) in [5, 5.41) is 0. The van der Waals surface area contributed by atoms with E-state index < -0.39 is 10.1 Å². The Morgan fingerprint density at radius 2 is 1.72 bits per heavy atom. The minimum Gasteiger partial charge on any atom is -0.266 e. The van der Waals surface area contributed by atoms with Crippen molar-refractivity contribution in [1.82, 2.24) is 0 Å². The molecule has 1 aromatic carbocycles. The molecule has 2 rings (SSSR count). The van der Waals surface area contributed by atoms with Crippen molar-refractivity contribution in [3.8, 4) is 0 Å². The van der Waals surface area contributed by atoms with E-state index in [0.29, 0.717) is 0 Å². The lowest BCUT2D eigenvalue weighted by Crippen LogP contribution is -2.09. The minimum atomic E-state index is -3.58. The van der Waals surface area contributed by atoms with Crippen LogP contribution in [-0.2, 0) is 14.3 Å². The summed E-state index contributed by atoms with van der Waals surface area (Å²) in [5.41, 5.74) is 1.04. The smallest absolute Gasteiger partial charge is 0.266 e. The molecular weight excluding hydrogens is 248 g/mol. The summed E-state index contributed by atoms with van der Waals surface area (Å²) in [6.07, 6.45) is 5.51. The molecule has 1 fully saturated rings. The van der Waals surface area contributed by atoms with E-state index in [1.54, 1.807) is 24.3 Å². The van der Waals surface area contributed by atoms with Gasteiger partial charge >= 0.3 is 0 Å². The molecule has 1 aromatic rings. The number of hydrogen-bond donors (Lipinski definition) is 0. The van der Waals surface area contributed by atoms with Crippen LogP contribution in [0.25, 0.3) is 0 Å². The zero-order chi connectivity index (χ0) is 13.0. The molecule has 0 aliphatic heterocycles. The van der Waals surface area contributed by atoms with Gasteiger partial charge in [0.25, 0.3) is 10.1 Å². The Morgan fingerprint density at radius 3 is 2.33 bits per heavy atom. The monoisotopic (exact) mass is 267 g/mol. The first-order valence-electron chi connectivity index (χ1n) is 6.37. The van der Waals surface area contributed by atoms with Crippen LogP contribution in [0.4, 0.5) is 0 Å². The molecule has 3 nitrogen and oxygen atoms in total. The van der Waals surface area contributed by atoms with Crippen LogP contribution in [0.5, 0.6) is 0 Å². The molecule has 1 aliphatic carbocycles. The molecule has 0 saturated heterocycles. The van der Waals surface area contributed by atoms with E-state index in [1.165, 1.54) is 18.8 Å². The topological polar surface area (TPSA) is 43.4 Å². The summed E-state index contributed by atoms with van der Waals surface area (Å²) in [7, 11) is -3.58. The molecule has 0 bridgehead atoms. The molecule has 0 heterocycles. The van der Waals surface area contributed by atoms with Crippen LogP contribution >= 0.6 is 0 Å². The molecule has 0 unspecified atom stereocenters. The summed E-state index contributed by atoms with van der Waals surface area (Å²) in [5.74, 6) is 1.44. The van der Waals surface area contributed by atoms with Gasteiger partial charge < -0.3 is 0 Å². The Bertz CT molecular complexity index is 470. The van der Waals surface area contributed by atoms with E-state index in [9.17, 15) is 8.42 Å². The minimum absolute atomic E-state index is 0.240. The fourth-order valence-electron chi connectivity index (χ4n) is 2.19. The Balaban J connectivity index is 1.88. The van der Waals surface area contributed by atoms with E-state index in [1.807, 2.05) is 6.92 Å². The summed E-state index contributed by atoms with van der Waals surface area (Å²) in [6, 6.07) is 6.74. The summed E-state index contributed by atoms with van der Waals surface area (Å²) in [6.45, 7) is 2.19. The second-order valence-electron chi connectivity index (χ2n) is 4.80. The van der Waals surface area contributed by atoms with Gasteiger partial charge in [-0.05, 0) is 44.2 Å². The zero-order valence-corrected chi connectivity index (χ0v) is 11.5. The molecule has 0 atom stereocenters. The van der Waals surface area contributed by atoms with Crippen LogP contribution < -0.4 is 0 Å². The van der Waals surface area contributed by atoms with Gasteiger partial charge in [-0.2, -0.15) is 8.42 Å². The highest BCUT2D eigenvalue weighted by atomic mass is 32.2. The second-order valence-corrected chi connectivity index (χ2v) is 6.41. The van der Waals surface area contributed by atoms with Crippen LogP contribution in [0.2, 0.25) is 0 Å². The van der Waals surface area contributed by atoms with Crippen LogP contribution in [0.1, 0.15) is 37.7 Å². The van der Waals surface area contributed by atoms with Gasteiger partial charge in [-0.25, -0.2) is 0 Å². The van der Waals surface area contributed by atoms with Gasteiger partial charge in [0.1, 0.15) is 0 Å². The predicted octanol–water partition coefficient (Wildman–Crippen LogP) is 3.24. The van der Waals surface area contributed by atoms with Crippen molar-refractivity contribution in [3.63, 3.8) is 0 Å². The third-order valence-corrected chi connectivity index (χ3v) is 4.64. The maximum Gasteiger partial charge on any atom is 0.296 e. The molecule has 0 spiro atoms. The molecule has 0 amide bonds. The highest BCUT2D eigenvalue weighted by molar-refractivity contribution is 7.86. The van der Waals surface area contributed by atoms with Gasteiger partial charge in [0.2, 0.25) is 0 Å². The molecule has 1 radical (unpaired) electrons. The molecular formula is C14H19O3S. The zero-order valence-electron chi connectivity index (χ0n) is 10.7. The van der Waals surface area contributed by atoms with E-state index in [2.05, 4.69) is 0 Å². The molecule has 18 heavy (non-hydrogen) atoms. The molecule has 1 aliphatic rings. The fraction of sp³-hybridized carbons (Fsp3) is 0.500. The largest absolute Gasteiger partial charge is 0.296 e. The fourth-order valence-corrected chi connectivity index (χ4v) is 3.10. The summed E-state index contributed by atoms with van der Waals surface area (Å²) in [4.78, 5) is 0.240. The van der Waals surface area contributed by atoms with Gasteiger partial charge in [-0.1, -0.05) is 30.5 Å². The maximum atomic E-state index is 11.9. The SMILES string of the molecule is Cc1ccc(S(=O)(=O)OCC[C]2CCCC2)cc1. The van der Waals surface area contributed by atoms with Crippen molar-refractivity contribution < 1.29 is 12.6 Å². The molecule has 0 N–H and O–H groups in total. The van der Waals surface area contributed by atoms with Crippen molar-refractivity contribution in [3.05, 3.63) is 35.7 Å². The van der Waals surface area contributed by atoms with Crippen molar-refractivity contribution in [1.29, 1.82) is 0 Å². The first-order chi connectivity index (χ1) is 8.58. The number of rotatable bonds is 5. The standard InChI is InChI=1S/C14H19O3S/c1-12-6-8-14(9-7-12)18(15,16)17-11-10-13-4-2-3-5-13/h6-9H,2-5,10-11H2,1H3. The lowest BCUT2D eigenvalue weighted by atomic mass is 10.1. The number of aryl methyl sites for hydroxylation is 1. The van der Waals surface area contributed by atoms with Crippen molar-refractivity contribution in [2.45, 2.75) is 43.9 Å². The molecule has 99 valence electrons. The average molecular weight is 267 g/mol. The first-order valence-corrected chi connectivity index (χ1v) is 7.78. The maximum absolute atomic E-state index is 11.9. The Kier molecular flexibility index (Phi) is 4.40. The summed E-state index contributed by atoms with van der Waals surface area (Å²) >= 11 is 0. The third-order valence-electron chi connectivity index (χ3n) is 3.31. The van der Waals surface area contributed by atoms with Gasteiger partial charge in [0.15, 0.2) is 0 Å². The van der Waals surface area contributed by atoms with Crippen LogP contribution in [0, 0.1) is 12.8 Å². The van der Waals surface area contributed by atoms with Crippen molar-refractivity contribution in [2.75, 3.05) is 6.61 Å². The second kappa shape index (κ2) is 5.85. The predicted molar refractivity (Wildman–Crippen MR) is 70.6 cm³/mol. The van der Waals surface area contributed by atoms with Crippen molar-refractivity contribution in [2.24, 2.45) is 0 Å². The van der Waals surface area contributed by atoms with Crippen LogP contribution in [0.3, 0.4) is 0 Å². The number of hydrogen-bond acceptors (Lipinski definition) is 3. The van der Waals surface area contributed by atoms with E-state index in [-0.39, 0.29) is 11.5 Å². The van der Waals surface area contributed by atoms with Crippen LogP contribution in [-0.4, -0.2) is 15.0 Å². The highest BCUT2D eigenvalue weighted by Gasteiger charge is 2.18. The Labute approximate surface area is 109 Å². The van der Waals surface area contributed by atoms with Gasteiger partial charge in [-0.15, -0.1) is 0 Å². The Hall–Kier alpha value is -0.870. The lowest BCUT2D eigenvalue weighted by Gasteiger charge is -2.09. The van der Waals surface area contributed by atoms with Gasteiger partial charge in [-0.3, -0.25) is 4.18 Å². The first kappa shape index (κ1) is 13.6. The summed E-state index contributed by atoms with van der Waals surface area (Å²) < 4.78 is 28.8. The normalized spacial score (nSPS) is 17.2.